The lowest BCUT2D eigenvalue weighted by molar-refractivity contribution is -0.301. The van der Waals surface area contributed by atoms with Gasteiger partial charge in [-0.3, -0.25) is 0 Å². The van der Waals surface area contributed by atoms with Crippen LogP contribution in [0.1, 0.15) is 82.6 Å². The van der Waals surface area contributed by atoms with Gasteiger partial charge in [0.05, 0.1) is 6.61 Å². The summed E-state index contributed by atoms with van der Waals surface area (Å²) < 4.78 is 10.8. The number of hydrogen-bond donors (Lipinski definition) is 6. The Hall–Kier alpha value is -1.42. The largest absolute Gasteiger partial charge is 0.508 e. The van der Waals surface area contributed by atoms with Gasteiger partial charge in [0, 0.05) is 12.7 Å². The van der Waals surface area contributed by atoms with Crippen LogP contribution in [-0.4, -0.2) is 74.6 Å². The van der Waals surface area contributed by atoms with Crippen LogP contribution in [-0.2, 0) is 15.9 Å². The first-order chi connectivity index (χ1) is 16.4. The van der Waals surface area contributed by atoms with Crippen LogP contribution in [0.25, 0.3) is 0 Å². The second-order valence-corrected chi connectivity index (χ2v) is 9.37. The third-order valence-electron chi connectivity index (χ3n) is 6.54. The van der Waals surface area contributed by atoms with E-state index in [0.717, 1.165) is 44.1 Å². The Kier molecular flexibility index (Phi) is 13.8. The van der Waals surface area contributed by atoms with Crippen LogP contribution < -0.4 is 0 Å². The SMILES string of the molecule is OC[C@H]1O[C@@H](OCCCCCCCCCCCCCCc2ccc(O)cc2O)[C@H](O)[C@@H](O)[C@@H]1O. The third-order valence-corrected chi connectivity index (χ3v) is 6.54. The Labute approximate surface area is 203 Å². The number of hydrogen-bond acceptors (Lipinski definition) is 8. The van der Waals surface area contributed by atoms with Crippen LogP contribution >= 0.6 is 0 Å². The number of ether oxygens (including phenoxy) is 2. The summed E-state index contributed by atoms with van der Waals surface area (Å²) in [5, 5.41) is 57.7. The average molecular weight is 485 g/mol. The van der Waals surface area contributed by atoms with Crippen LogP contribution in [0.3, 0.4) is 0 Å². The fraction of sp³-hybridized carbons (Fsp3) is 0.769. The molecule has 196 valence electrons. The summed E-state index contributed by atoms with van der Waals surface area (Å²) in [5.41, 5.74) is 0.901. The van der Waals surface area contributed by atoms with Crippen LogP contribution in [0.15, 0.2) is 18.2 Å². The highest BCUT2D eigenvalue weighted by atomic mass is 16.7. The van der Waals surface area contributed by atoms with E-state index < -0.39 is 37.3 Å². The van der Waals surface area contributed by atoms with E-state index in [0.29, 0.717) is 6.61 Å². The maximum Gasteiger partial charge on any atom is 0.186 e. The summed E-state index contributed by atoms with van der Waals surface area (Å²) in [4.78, 5) is 0. The number of aliphatic hydroxyl groups excluding tert-OH is 4. The highest BCUT2D eigenvalue weighted by molar-refractivity contribution is 5.38. The van der Waals surface area contributed by atoms with Crippen molar-refractivity contribution in [1.29, 1.82) is 0 Å². The quantitative estimate of drug-likeness (QED) is 0.185. The Balaban J connectivity index is 1.36. The lowest BCUT2D eigenvalue weighted by atomic mass is 9.99. The first kappa shape index (κ1) is 28.8. The number of phenols is 2. The predicted molar refractivity (Wildman–Crippen MR) is 129 cm³/mol. The van der Waals surface area contributed by atoms with Crippen molar-refractivity contribution in [2.24, 2.45) is 0 Å². The van der Waals surface area contributed by atoms with E-state index >= 15 is 0 Å². The highest BCUT2D eigenvalue weighted by Gasteiger charge is 2.43. The normalized spacial score (nSPS) is 25.0. The number of rotatable bonds is 17. The van der Waals surface area contributed by atoms with Crippen molar-refractivity contribution < 1.29 is 40.1 Å². The third kappa shape index (κ3) is 10.1. The molecule has 1 saturated heterocycles. The van der Waals surface area contributed by atoms with Crippen molar-refractivity contribution in [2.45, 2.75) is 114 Å². The molecule has 0 aromatic heterocycles. The van der Waals surface area contributed by atoms with Gasteiger partial charge in [-0.25, -0.2) is 0 Å². The molecule has 0 radical (unpaired) electrons. The fourth-order valence-corrected chi connectivity index (χ4v) is 4.35. The minimum absolute atomic E-state index is 0.0992. The van der Waals surface area contributed by atoms with Gasteiger partial charge >= 0.3 is 0 Å². The fourth-order valence-electron chi connectivity index (χ4n) is 4.35. The average Bonchev–Trinajstić information content (AvgIpc) is 2.82. The maximum atomic E-state index is 9.93. The van der Waals surface area contributed by atoms with Crippen LogP contribution in [0.5, 0.6) is 11.5 Å². The van der Waals surface area contributed by atoms with Crippen molar-refractivity contribution in [3.63, 3.8) is 0 Å². The van der Waals surface area contributed by atoms with Gasteiger partial charge in [-0.15, -0.1) is 0 Å². The molecule has 1 heterocycles. The molecule has 1 aliphatic heterocycles. The predicted octanol–water partition coefficient (Wildman–Crippen LogP) is 3.14. The van der Waals surface area contributed by atoms with Crippen molar-refractivity contribution >= 4 is 0 Å². The van der Waals surface area contributed by atoms with E-state index in [1.807, 2.05) is 0 Å². The van der Waals surface area contributed by atoms with Gasteiger partial charge in [0.15, 0.2) is 6.29 Å². The van der Waals surface area contributed by atoms with Gasteiger partial charge in [-0.05, 0) is 30.9 Å². The summed E-state index contributed by atoms with van der Waals surface area (Å²) in [6, 6.07) is 4.80. The first-order valence-electron chi connectivity index (χ1n) is 12.9. The Bertz CT molecular complexity index is 668. The maximum absolute atomic E-state index is 9.93. The molecule has 0 aliphatic carbocycles. The summed E-state index contributed by atoms with van der Waals surface area (Å²) in [6.07, 6.45) is 8.66. The van der Waals surface area contributed by atoms with Gasteiger partial charge in [0.25, 0.3) is 0 Å². The lowest BCUT2D eigenvalue weighted by Crippen LogP contribution is -2.59. The van der Waals surface area contributed by atoms with Crippen molar-refractivity contribution in [1.82, 2.24) is 0 Å². The number of aryl methyl sites for hydroxylation is 1. The van der Waals surface area contributed by atoms with Gasteiger partial charge in [0.1, 0.15) is 35.9 Å². The van der Waals surface area contributed by atoms with Gasteiger partial charge < -0.3 is 40.1 Å². The number of unbranched alkanes of at least 4 members (excludes halogenated alkanes) is 11. The minimum Gasteiger partial charge on any atom is -0.508 e. The molecule has 1 aromatic rings. The van der Waals surface area contributed by atoms with Crippen LogP contribution in [0, 0.1) is 0 Å². The molecular formula is C26H44O8. The summed E-state index contributed by atoms with van der Waals surface area (Å²) >= 11 is 0. The monoisotopic (exact) mass is 484 g/mol. The summed E-state index contributed by atoms with van der Waals surface area (Å²) in [5.74, 6) is 0.281. The van der Waals surface area contributed by atoms with Gasteiger partial charge in [-0.1, -0.05) is 70.3 Å². The molecule has 0 spiro atoms. The van der Waals surface area contributed by atoms with Gasteiger partial charge in [0.2, 0.25) is 0 Å². The molecule has 1 aromatic carbocycles. The van der Waals surface area contributed by atoms with E-state index in [1.165, 1.54) is 51.0 Å². The smallest absolute Gasteiger partial charge is 0.186 e. The lowest BCUT2D eigenvalue weighted by Gasteiger charge is -2.39. The topological polar surface area (TPSA) is 140 Å². The number of aromatic hydroxyl groups is 2. The molecule has 5 atom stereocenters. The molecule has 1 aliphatic rings. The highest BCUT2D eigenvalue weighted by Crippen LogP contribution is 2.25. The number of benzene rings is 1. The first-order valence-corrected chi connectivity index (χ1v) is 12.9. The zero-order valence-corrected chi connectivity index (χ0v) is 20.2. The molecule has 8 nitrogen and oxygen atoms in total. The molecule has 8 heteroatoms. The summed E-state index contributed by atoms with van der Waals surface area (Å²) in [6.45, 7) is -0.0493. The minimum atomic E-state index is -1.39. The number of phenolic OH excluding ortho intramolecular Hbond substituents is 2. The van der Waals surface area contributed by atoms with Crippen LogP contribution in [0.2, 0.25) is 0 Å². The van der Waals surface area contributed by atoms with E-state index in [9.17, 15) is 30.6 Å². The molecule has 6 N–H and O–H groups in total. The van der Waals surface area contributed by atoms with Crippen molar-refractivity contribution in [3.8, 4) is 11.5 Å². The Morgan fingerprint density at radius 2 is 1.26 bits per heavy atom. The molecular weight excluding hydrogens is 440 g/mol. The van der Waals surface area contributed by atoms with Gasteiger partial charge in [-0.2, -0.15) is 0 Å². The standard InChI is InChI=1S/C26H44O8/c27-18-22-23(30)24(31)25(32)26(34-22)33-16-12-10-8-6-4-2-1-3-5-7-9-11-13-19-14-15-20(28)17-21(19)29/h14-15,17,22-32H,1-13,16,18H2/t22-,23-,24+,25-,26-/m1/s1. The van der Waals surface area contributed by atoms with Crippen LogP contribution in [0.4, 0.5) is 0 Å². The zero-order valence-electron chi connectivity index (χ0n) is 20.2. The van der Waals surface area contributed by atoms with Crippen molar-refractivity contribution in [3.05, 3.63) is 23.8 Å². The molecule has 0 saturated carbocycles. The molecule has 0 amide bonds. The van der Waals surface area contributed by atoms with E-state index in [2.05, 4.69) is 0 Å². The van der Waals surface area contributed by atoms with Crippen molar-refractivity contribution in [2.75, 3.05) is 13.2 Å². The molecule has 0 unspecified atom stereocenters. The van der Waals surface area contributed by atoms with E-state index in [1.54, 1.807) is 12.1 Å². The Morgan fingerprint density at radius 3 is 1.82 bits per heavy atom. The molecule has 0 bridgehead atoms. The summed E-state index contributed by atoms with van der Waals surface area (Å²) in [7, 11) is 0. The molecule has 34 heavy (non-hydrogen) atoms. The van der Waals surface area contributed by atoms with E-state index in [-0.39, 0.29) is 11.5 Å². The second kappa shape index (κ2) is 16.3. The second-order valence-electron chi connectivity index (χ2n) is 9.37. The molecule has 2 rings (SSSR count). The van der Waals surface area contributed by atoms with E-state index in [4.69, 9.17) is 9.47 Å². The number of aliphatic hydroxyl groups is 4. The Morgan fingerprint density at radius 1 is 0.706 bits per heavy atom. The molecule has 1 fully saturated rings. The zero-order chi connectivity index (χ0) is 24.8.